The van der Waals surface area contributed by atoms with Gasteiger partial charge in [0, 0.05) is 36.1 Å². The number of pyridine rings is 1. The van der Waals surface area contributed by atoms with E-state index in [4.69, 9.17) is 16.3 Å². The Kier molecular flexibility index (Phi) is 7.74. The highest BCUT2D eigenvalue weighted by atomic mass is 35.5. The third-order valence-corrected chi connectivity index (χ3v) is 5.42. The number of rotatable bonds is 9. The van der Waals surface area contributed by atoms with E-state index in [1.807, 2.05) is 83.8 Å². The number of hydrogen-bond donors (Lipinski definition) is 0. The molecule has 0 aliphatic heterocycles. The van der Waals surface area contributed by atoms with Gasteiger partial charge in [-0.15, -0.1) is 0 Å². The predicted molar refractivity (Wildman–Crippen MR) is 137 cm³/mol. The summed E-state index contributed by atoms with van der Waals surface area (Å²) >= 11 is 5.77. The molecule has 34 heavy (non-hydrogen) atoms. The number of hydrogen-bond acceptors (Lipinski definition) is 3. The van der Waals surface area contributed by atoms with Crippen LogP contribution in [0.15, 0.2) is 115 Å². The molecular formula is C29H25ClN2O2. The fourth-order valence-electron chi connectivity index (χ4n) is 3.60. The van der Waals surface area contributed by atoms with Crippen LogP contribution in [0.3, 0.4) is 0 Å². The van der Waals surface area contributed by atoms with E-state index in [0.717, 1.165) is 22.3 Å². The largest absolute Gasteiger partial charge is 0.488 e. The summed E-state index contributed by atoms with van der Waals surface area (Å²) in [6.45, 7) is 4.80. The van der Waals surface area contributed by atoms with E-state index >= 15 is 0 Å². The van der Waals surface area contributed by atoms with Crippen LogP contribution >= 0.6 is 11.6 Å². The number of ether oxygens (including phenoxy) is 1. The lowest BCUT2D eigenvalue weighted by Gasteiger charge is -2.23. The first-order valence-electron chi connectivity index (χ1n) is 11.0. The van der Waals surface area contributed by atoms with E-state index in [0.29, 0.717) is 29.4 Å². The predicted octanol–water partition coefficient (Wildman–Crippen LogP) is 6.72. The van der Waals surface area contributed by atoms with Crippen LogP contribution < -0.4 is 4.74 Å². The summed E-state index contributed by atoms with van der Waals surface area (Å²) in [5.74, 6) is 0.661. The molecule has 0 fully saturated rings. The quantitative estimate of drug-likeness (QED) is 0.274. The Labute approximate surface area is 205 Å². The number of nitrogens with zero attached hydrogens (tertiary/aromatic N) is 2. The highest BCUT2D eigenvalue weighted by Gasteiger charge is 2.17. The molecule has 0 bridgehead atoms. The third kappa shape index (κ3) is 6.33. The summed E-state index contributed by atoms with van der Waals surface area (Å²) in [5, 5.41) is 0.440. The number of carbonyl (C=O) groups excluding carboxylic acids is 1. The maximum Gasteiger partial charge on any atom is 0.254 e. The zero-order chi connectivity index (χ0) is 23.8. The molecule has 4 nitrogen and oxygen atoms in total. The molecule has 0 radical (unpaired) electrons. The fourth-order valence-corrected chi connectivity index (χ4v) is 3.66. The lowest BCUT2D eigenvalue weighted by molar-refractivity contribution is 0.0730. The van der Waals surface area contributed by atoms with E-state index in [9.17, 15) is 4.79 Å². The zero-order valence-electron chi connectivity index (χ0n) is 18.7. The summed E-state index contributed by atoms with van der Waals surface area (Å²) in [7, 11) is 0. The SMILES string of the molecule is C=C(Cl)COc1ccc(CN(Cc2cccnc2)C(=O)c2ccc(-c3ccccc3)cc2)cc1. The van der Waals surface area contributed by atoms with Crippen molar-refractivity contribution in [3.8, 4) is 16.9 Å². The van der Waals surface area contributed by atoms with Gasteiger partial charge in [0.05, 0.1) is 0 Å². The molecule has 1 aromatic heterocycles. The molecule has 0 atom stereocenters. The lowest BCUT2D eigenvalue weighted by Crippen LogP contribution is -2.30. The van der Waals surface area contributed by atoms with Gasteiger partial charge in [0.15, 0.2) is 0 Å². The van der Waals surface area contributed by atoms with Crippen molar-refractivity contribution in [3.63, 3.8) is 0 Å². The Morgan fingerprint density at radius 2 is 1.50 bits per heavy atom. The van der Waals surface area contributed by atoms with Crippen molar-refractivity contribution in [1.29, 1.82) is 0 Å². The molecule has 0 saturated heterocycles. The Bertz CT molecular complexity index is 1220. The molecule has 0 aliphatic carbocycles. The van der Waals surface area contributed by atoms with Crippen LogP contribution in [0, 0.1) is 0 Å². The Morgan fingerprint density at radius 1 is 0.824 bits per heavy atom. The maximum atomic E-state index is 13.5. The summed E-state index contributed by atoms with van der Waals surface area (Å²) in [5.41, 5.74) is 4.80. The first-order chi connectivity index (χ1) is 16.6. The van der Waals surface area contributed by atoms with Crippen LogP contribution in [0.2, 0.25) is 0 Å². The second-order valence-corrected chi connectivity index (χ2v) is 8.45. The summed E-state index contributed by atoms with van der Waals surface area (Å²) in [4.78, 5) is 19.5. The molecule has 0 unspecified atom stereocenters. The Hall–Kier alpha value is -3.89. The van der Waals surface area contributed by atoms with Gasteiger partial charge in [-0.25, -0.2) is 0 Å². The number of carbonyl (C=O) groups is 1. The van der Waals surface area contributed by atoms with Gasteiger partial charge in [0.2, 0.25) is 0 Å². The van der Waals surface area contributed by atoms with Crippen LogP contribution in [-0.4, -0.2) is 22.4 Å². The van der Waals surface area contributed by atoms with Crippen molar-refractivity contribution in [2.24, 2.45) is 0 Å². The van der Waals surface area contributed by atoms with Crippen molar-refractivity contribution >= 4 is 17.5 Å². The van der Waals surface area contributed by atoms with Crippen molar-refractivity contribution < 1.29 is 9.53 Å². The molecule has 4 aromatic rings. The average molecular weight is 469 g/mol. The molecule has 0 saturated carbocycles. The lowest BCUT2D eigenvalue weighted by atomic mass is 10.0. The molecule has 4 rings (SSSR count). The van der Waals surface area contributed by atoms with Gasteiger partial charge < -0.3 is 9.64 Å². The summed E-state index contributed by atoms with van der Waals surface area (Å²) in [6.07, 6.45) is 3.51. The van der Waals surface area contributed by atoms with Gasteiger partial charge >= 0.3 is 0 Å². The van der Waals surface area contributed by atoms with Gasteiger partial charge in [-0.1, -0.05) is 78.8 Å². The Morgan fingerprint density at radius 3 is 2.15 bits per heavy atom. The summed E-state index contributed by atoms with van der Waals surface area (Å²) in [6, 6.07) is 29.4. The van der Waals surface area contributed by atoms with Crippen LogP contribution in [0.4, 0.5) is 0 Å². The molecule has 1 heterocycles. The topological polar surface area (TPSA) is 42.4 Å². The van der Waals surface area contributed by atoms with Crippen molar-refractivity contribution in [2.75, 3.05) is 6.61 Å². The van der Waals surface area contributed by atoms with E-state index in [1.54, 1.807) is 12.4 Å². The third-order valence-electron chi connectivity index (χ3n) is 5.31. The highest BCUT2D eigenvalue weighted by molar-refractivity contribution is 6.29. The minimum Gasteiger partial charge on any atom is -0.488 e. The molecule has 0 aliphatic rings. The normalized spacial score (nSPS) is 10.5. The number of halogens is 1. The maximum absolute atomic E-state index is 13.5. The number of aromatic nitrogens is 1. The standard InChI is InChI=1S/C29H25ClN2O2/c1-22(30)21-34-28-15-9-23(10-16-28)19-32(20-24-6-5-17-31-18-24)29(33)27-13-11-26(12-14-27)25-7-3-2-4-8-25/h2-18H,1,19-21H2. The van der Waals surface area contributed by atoms with Crippen molar-refractivity contribution in [3.05, 3.63) is 132 Å². The monoisotopic (exact) mass is 468 g/mol. The molecule has 0 N–H and O–H groups in total. The highest BCUT2D eigenvalue weighted by Crippen LogP contribution is 2.22. The second-order valence-electron chi connectivity index (χ2n) is 7.92. The zero-order valence-corrected chi connectivity index (χ0v) is 19.5. The smallest absolute Gasteiger partial charge is 0.254 e. The molecule has 0 spiro atoms. The van der Waals surface area contributed by atoms with Gasteiger partial charge in [-0.05, 0) is 52.6 Å². The Balaban J connectivity index is 1.53. The molecule has 170 valence electrons. The van der Waals surface area contributed by atoms with E-state index in [1.165, 1.54) is 0 Å². The molecule has 3 aromatic carbocycles. The number of amides is 1. The minimum atomic E-state index is -0.0396. The van der Waals surface area contributed by atoms with Crippen molar-refractivity contribution in [2.45, 2.75) is 13.1 Å². The minimum absolute atomic E-state index is 0.0396. The van der Waals surface area contributed by atoms with E-state index in [-0.39, 0.29) is 12.5 Å². The molecule has 5 heteroatoms. The number of benzene rings is 3. The summed E-state index contributed by atoms with van der Waals surface area (Å²) < 4.78 is 5.57. The molecular weight excluding hydrogens is 444 g/mol. The van der Waals surface area contributed by atoms with Crippen LogP contribution in [0.25, 0.3) is 11.1 Å². The average Bonchev–Trinajstić information content (AvgIpc) is 2.88. The van der Waals surface area contributed by atoms with Gasteiger partial charge in [0.25, 0.3) is 5.91 Å². The van der Waals surface area contributed by atoms with Gasteiger partial charge in [0.1, 0.15) is 12.4 Å². The van der Waals surface area contributed by atoms with Crippen molar-refractivity contribution in [1.82, 2.24) is 9.88 Å². The van der Waals surface area contributed by atoms with Crippen LogP contribution in [0.5, 0.6) is 5.75 Å². The van der Waals surface area contributed by atoms with Crippen LogP contribution in [0.1, 0.15) is 21.5 Å². The first-order valence-corrected chi connectivity index (χ1v) is 11.3. The van der Waals surface area contributed by atoms with Crippen LogP contribution in [-0.2, 0) is 13.1 Å². The van der Waals surface area contributed by atoms with E-state index in [2.05, 4.69) is 23.7 Å². The fraction of sp³-hybridized carbons (Fsp3) is 0.103. The van der Waals surface area contributed by atoms with Gasteiger partial charge in [-0.2, -0.15) is 0 Å². The van der Waals surface area contributed by atoms with E-state index < -0.39 is 0 Å². The first kappa shape index (κ1) is 23.3. The van der Waals surface area contributed by atoms with Gasteiger partial charge in [-0.3, -0.25) is 9.78 Å². The second kappa shape index (κ2) is 11.3. The molecule has 1 amide bonds.